The summed E-state index contributed by atoms with van der Waals surface area (Å²) < 4.78 is 4.74. The molecule has 1 unspecified atom stereocenters. The molecule has 1 aliphatic rings. The Morgan fingerprint density at radius 1 is 1.40 bits per heavy atom. The summed E-state index contributed by atoms with van der Waals surface area (Å²) in [6.45, 7) is 0. The second-order valence-electron chi connectivity index (χ2n) is 1.88. The predicted molar refractivity (Wildman–Crippen MR) is 41.1 cm³/mol. The van der Waals surface area contributed by atoms with Crippen molar-refractivity contribution in [2.45, 2.75) is 0 Å². The van der Waals surface area contributed by atoms with Gasteiger partial charge in [0.2, 0.25) is 0 Å². The van der Waals surface area contributed by atoms with Gasteiger partial charge >= 0.3 is 0 Å². The lowest BCUT2D eigenvalue weighted by Crippen LogP contribution is -1.92. The van der Waals surface area contributed by atoms with Gasteiger partial charge in [-0.2, -0.15) is 4.67 Å². The van der Waals surface area contributed by atoms with Crippen molar-refractivity contribution in [2.24, 2.45) is 0 Å². The highest BCUT2D eigenvalue weighted by atomic mass is 35.5. The van der Waals surface area contributed by atoms with Gasteiger partial charge in [-0.05, 0) is 12.1 Å². The number of fused-ring (bicyclic) bond motifs is 1. The molecule has 0 saturated heterocycles. The molecule has 2 nitrogen and oxygen atoms in total. The molecule has 1 aromatic rings. The minimum absolute atomic E-state index is 0.224. The van der Waals surface area contributed by atoms with E-state index in [0.717, 1.165) is 11.1 Å². The monoisotopic (exact) mass is 174 g/mol. The van der Waals surface area contributed by atoms with Crippen molar-refractivity contribution in [3.63, 3.8) is 0 Å². The zero-order chi connectivity index (χ0) is 6.97. The van der Waals surface area contributed by atoms with Crippen LogP contribution in [-0.4, -0.2) is 0 Å². The van der Waals surface area contributed by atoms with Crippen molar-refractivity contribution in [2.75, 3.05) is 0 Å². The molecule has 0 aromatic heterocycles. The quantitative estimate of drug-likeness (QED) is 0.442. The topological polar surface area (TPSA) is 18.5 Å². The summed E-state index contributed by atoms with van der Waals surface area (Å²) in [6.07, 6.45) is 0. The zero-order valence-electron chi connectivity index (χ0n) is 4.93. The van der Waals surface area contributed by atoms with Gasteiger partial charge in [0.25, 0.3) is 0 Å². The Kier molecular flexibility index (Phi) is 1.53. The lowest BCUT2D eigenvalue weighted by Gasteiger charge is -1.93. The Balaban J connectivity index is 2.59. The van der Waals surface area contributed by atoms with Crippen molar-refractivity contribution in [3.8, 4) is 5.75 Å². The van der Waals surface area contributed by atoms with Crippen LogP contribution in [0.3, 0.4) is 0 Å². The second-order valence-corrected chi connectivity index (χ2v) is 3.16. The van der Waals surface area contributed by atoms with E-state index in [1.807, 2.05) is 18.2 Å². The smallest absolute Gasteiger partial charge is 0.177 e. The van der Waals surface area contributed by atoms with E-state index in [0.29, 0.717) is 5.02 Å². The Hall–Kier alpha value is -0.300. The summed E-state index contributed by atoms with van der Waals surface area (Å²) in [5.74, 6) is 0.742. The van der Waals surface area contributed by atoms with Gasteiger partial charge in [-0.15, -0.1) is 0 Å². The first-order chi connectivity index (χ1) is 4.88. The molecule has 4 heteroatoms. The zero-order valence-corrected chi connectivity index (χ0v) is 6.68. The molecule has 52 valence electrons. The normalized spacial score (nSPS) is 16.9. The molecule has 1 aromatic carbocycles. The van der Waals surface area contributed by atoms with Crippen molar-refractivity contribution >= 4 is 25.7 Å². The fourth-order valence-corrected chi connectivity index (χ4v) is 1.68. The highest BCUT2D eigenvalue weighted by Crippen LogP contribution is 2.32. The molecule has 0 fully saturated rings. The summed E-state index contributed by atoms with van der Waals surface area (Å²) in [5, 5.41) is 1.68. The van der Waals surface area contributed by atoms with Crippen LogP contribution in [-0.2, 0) is 4.67 Å². The van der Waals surface area contributed by atoms with Gasteiger partial charge < -0.3 is 4.89 Å². The second kappa shape index (κ2) is 2.39. The first-order valence-electron chi connectivity index (χ1n) is 2.76. The molecule has 1 heterocycles. The number of halogens is 1. The van der Waals surface area contributed by atoms with Crippen LogP contribution >= 0.6 is 20.4 Å². The van der Waals surface area contributed by atoms with Crippen molar-refractivity contribution in [3.05, 3.63) is 23.2 Å². The van der Waals surface area contributed by atoms with Gasteiger partial charge in [-0.1, -0.05) is 17.7 Å². The van der Waals surface area contributed by atoms with Gasteiger partial charge in [-0.3, -0.25) is 0 Å². The molecule has 0 saturated carbocycles. The molecule has 0 radical (unpaired) electrons. The van der Waals surface area contributed by atoms with Crippen LogP contribution in [0.1, 0.15) is 0 Å². The molecule has 0 N–H and O–H groups in total. The summed E-state index contributed by atoms with van der Waals surface area (Å²) >= 11 is 5.82. The molecule has 1 aliphatic heterocycles. The lowest BCUT2D eigenvalue weighted by atomic mass is 10.3. The van der Waals surface area contributed by atoms with Crippen LogP contribution in [0.15, 0.2) is 18.2 Å². The third kappa shape index (κ3) is 0.891. The Bertz CT molecular complexity index is 264. The van der Waals surface area contributed by atoms with Gasteiger partial charge in [0.1, 0.15) is 8.81 Å². The molecule has 0 spiro atoms. The van der Waals surface area contributed by atoms with E-state index < -0.39 is 0 Å². The van der Waals surface area contributed by atoms with Gasteiger partial charge in [0.15, 0.2) is 5.75 Å². The largest absolute Gasteiger partial charge is 0.333 e. The van der Waals surface area contributed by atoms with E-state index in [1.165, 1.54) is 0 Å². The molecule has 2 rings (SSSR count). The number of rotatable bonds is 0. The van der Waals surface area contributed by atoms with Crippen LogP contribution in [0.4, 0.5) is 0 Å². The van der Waals surface area contributed by atoms with E-state index in [1.54, 1.807) is 0 Å². The van der Waals surface area contributed by atoms with Crippen molar-refractivity contribution < 1.29 is 9.56 Å². The fraction of sp³-hybridized carbons (Fsp3) is 0. The molecule has 10 heavy (non-hydrogen) atoms. The van der Waals surface area contributed by atoms with Crippen molar-refractivity contribution in [1.82, 2.24) is 0 Å². The standard InChI is InChI=1S/C6H4ClO2P/c7-4-2-1-3-5-6(4)10-9-8-5/h1-3,10H. The van der Waals surface area contributed by atoms with Gasteiger partial charge in [0.05, 0.1) is 10.3 Å². The minimum Gasteiger partial charge on any atom is -0.333 e. The maximum atomic E-state index is 5.82. The SMILES string of the molecule is Clc1cccc2c1POO2. The summed E-state index contributed by atoms with van der Waals surface area (Å²) in [7, 11) is 0.224. The van der Waals surface area contributed by atoms with E-state index in [-0.39, 0.29) is 8.81 Å². The number of hydrogen-bond donors (Lipinski definition) is 0. The molecular formula is C6H4ClO2P. The maximum Gasteiger partial charge on any atom is 0.177 e. The summed E-state index contributed by atoms with van der Waals surface area (Å²) in [4.78, 5) is 4.81. The Morgan fingerprint density at radius 2 is 2.30 bits per heavy atom. The molecule has 0 aliphatic carbocycles. The van der Waals surface area contributed by atoms with Crippen LogP contribution < -0.4 is 10.2 Å². The maximum absolute atomic E-state index is 5.82. The van der Waals surface area contributed by atoms with Crippen LogP contribution in [0.2, 0.25) is 5.02 Å². The highest BCUT2D eigenvalue weighted by molar-refractivity contribution is 7.43. The van der Waals surface area contributed by atoms with Crippen LogP contribution in [0.25, 0.3) is 0 Å². The molecule has 0 amide bonds. The fourth-order valence-electron chi connectivity index (χ4n) is 0.780. The Morgan fingerprint density at radius 3 is 3.10 bits per heavy atom. The summed E-state index contributed by atoms with van der Waals surface area (Å²) in [5.41, 5.74) is 0. The predicted octanol–water partition coefficient (Wildman–Crippen LogP) is 1.88. The number of benzene rings is 1. The average molecular weight is 175 g/mol. The third-order valence-electron chi connectivity index (χ3n) is 1.25. The van der Waals surface area contributed by atoms with E-state index in [9.17, 15) is 0 Å². The van der Waals surface area contributed by atoms with Crippen LogP contribution in [0, 0.1) is 0 Å². The van der Waals surface area contributed by atoms with E-state index in [2.05, 4.69) is 0 Å². The van der Waals surface area contributed by atoms with E-state index >= 15 is 0 Å². The highest BCUT2D eigenvalue weighted by Gasteiger charge is 2.16. The van der Waals surface area contributed by atoms with E-state index in [4.69, 9.17) is 21.2 Å². The van der Waals surface area contributed by atoms with Gasteiger partial charge in [0, 0.05) is 0 Å². The number of hydrogen-bond acceptors (Lipinski definition) is 2. The molecule has 1 atom stereocenters. The Labute approximate surface area is 64.9 Å². The summed E-state index contributed by atoms with van der Waals surface area (Å²) in [6, 6.07) is 5.49. The average Bonchev–Trinajstić information content (AvgIpc) is 2.36. The first-order valence-corrected chi connectivity index (χ1v) is 4.04. The first kappa shape index (κ1) is 6.41. The third-order valence-corrected chi connectivity index (χ3v) is 2.61. The minimum atomic E-state index is 0.224. The van der Waals surface area contributed by atoms with Crippen molar-refractivity contribution in [1.29, 1.82) is 0 Å². The molecule has 0 bridgehead atoms. The van der Waals surface area contributed by atoms with Crippen LogP contribution in [0.5, 0.6) is 5.75 Å². The lowest BCUT2D eigenvalue weighted by molar-refractivity contribution is -0.0731. The van der Waals surface area contributed by atoms with Gasteiger partial charge in [-0.25, -0.2) is 0 Å². The molecular weight excluding hydrogens is 170 g/mol.